The number of benzene rings is 1. The number of amides is 6. The number of cyclic esters (lactones) is 1. The molecular weight excluding hydrogens is 699 g/mol. The average molecular weight is 755 g/mol. The molecule has 0 radical (unpaired) electrons. The minimum Gasteiger partial charge on any atom is -0.461 e. The Morgan fingerprint density at radius 3 is 2.41 bits per heavy atom. The van der Waals surface area contributed by atoms with E-state index in [0.717, 1.165) is 12.8 Å². The van der Waals surface area contributed by atoms with E-state index in [0.29, 0.717) is 63.5 Å². The molecule has 1 aromatic carbocycles. The second-order valence-electron chi connectivity index (χ2n) is 14.4. The van der Waals surface area contributed by atoms with Crippen LogP contribution in [0.15, 0.2) is 36.4 Å². The van der Waals surface area contributed by atoms with E-state index < -0.39 is 72.2 Å². The number of hydrogen-bond donors (Lipinski definition) is 3. The molecule has 0 bridgehead atoms. The molecule has 5 unspecified atom stereocenters. The summed E-state index contributed by atoms with van der Waals surface area (Å²) in [6.07, 6.45) is 9.19. The van der Waals surface area contributed by atoms with Crippen molar-refractivity contribution in [3.8, 4) is 0 Å². The van der Waals surface area contributed by atoms with Crippen LogP contribution < -0.4 is 16.0 Å². The lowest BCUT2D eigenvalue weighted by atomic mass is 10.0. The maximum Gasteiger partial charge on any atom is 0.328 e. The topological polar surface area (TPSA) is 175 Å². The summed E-state index contributed by atoms with van der Waals surface area (Å²) >= 11 is 0. The Morgan fingerprint density at radius 2 is 1.69 bits per heavy atom. The number of rotatable bonds is 9. The summed E-state index contributed by atoms with van der Waals surface area (Å²) in [6, 6.07) is 0.226. The number of ether oxygens (including phenoxy) is 1. The van der Waals surface area contributed by atoms with Crippen LogP contribution in [-0.4, -0.2) is 120 Å². The Balaban J connectivity index is 1.62. The number of nitrogens with zero attached hydrogens (tertiary/aromatic N) is 3. The normalized spacial score (nSPS) is 24.4. The molecule has 3 aliphatic heterocycles. The molecule has 0 spiro atoms. The highest BCUT2D eigenvalue weighted by atomic mass is 19.1. The third kappa shape index (κ3) is 11.8. The largest absolute Gasteiger partial charge is 0.461 e. The summed E-state index contributed by atoms with van der Waals surface area (Å²) in [5.74, 6) is -4.27. The molecule has 0 aliphatic carbocycles. The quantitative estimate of drug-likeness (QED) is 0.195. The molecule has 0 aromatic heterocycles. The molecule has 3 heterocycles. The first-order valence-electron chi connectivity index (χ1n) is 19.2. The number of nitrogens with one attached hydrogen (secondary N) is 3. The van der Waals surface area contributed by atoms with Crippen LogP contribution >= 0.6 is 0 Å². The standard InChI is InChI=1S/C39H55FN6O8/c1-4-5-6-8-19-34(48)42-29(24-27-14-11-15-28(40)23-27)35(49)43-30-25-54-39(53)32-17-13-22-46(32)36(50)26(2)41-33(47)18-9-7-10-20-44(3)38(52)31-16-12-21-45(31)37(30)51/h8,11,14-15,19,23,26,29-32H,4-7,9-10,12-13,16-18,20-22,24-25H2,1-3H3,(H,41,47)(H,42,48)(H,43,49). The maximum absolute atomic E-state index is 14.3. The second-order valence-corrected chi connectivity index (χ2v) is 14.4. The van der Waals surface area contributed by atoms with E-state index in [1.807, 2.05) is 6.92 Å². The maximum atomic E-state index is 14.3. The van der Waals surface area contributed by atoms with E-state index in [9.17, 15) is 38.0 Å². The van der Waals surface area contributed by atoms with Gasteiger partial charge in [0.15, 0.2) is 0 Å². The van der Waals surface area contributed by atoms with E-state index in [4.69, 9.17) is 4.74 Å². The molecule has 0 saturated carbocycles. The van der Waals surface area contributed by atoms with E-state index >= 15 is 0 Å². The van der Waals surface area contributed by atoms with Crippen LogP contribution in [0.25, 0.3) is 0 Å². The fraction of sp³-hybridized carbons (Fsp3) is 0.615. The van der Waals surface area contributed by atoms with Gasteiger partial charge in [-0.3, -0.25) is 28.8 Å². The molecule has 1 aromatic rings. The number of carbonyl (C=O) groups is 7. The number of halogens is 1. The van der Waals surface area contributed by atoms with E-state index in [1.54, 1.807) is 31.0 Å². The van der Waals surface area contributed by atoms with Crippen LogP contribution in [0.1, 0.15) is 90.0 Å². The Bertz CT molecular complexity index is 1550. The number of fused-ring (bicyclic) bond motifs is 2. The van der Waals surface area contributed by atoms with Gasteiger partial charge in [0, 0.05) is 39.5 Å². The van der Waals surface area contributed by atoms with Crippen molar-refractivity contribution in [2.75, 3.05) is 33.3 Å². The van der Waals surface area contributed by atoms with Gasteiger partial charge in [-0.1, -0.05) is 44.4 Å². The van der Waals surface area contributed by atoms with Crippen molar-refractivity contribution in [2.24, 2.45) is 0 Å². The molecule has 3 N–H and O–H groups in total. The van der Waals surface area contributed by atoms with Gasteiger partial charge in [-0.2, -0.15) is 0 Å². The molecular formula is C39H55FN6O8. The summed E-state index contributed by atoms with van der Waals surface area (Å²) in [5.41, 5.74) is 0.420. The van der Waals surface area contributed by atoms with Crippen molar-refractivity contribution in [3.63, 3.8) is 0 Å². The van der Waals surface area contributed by atoms with E-state index in [1.165, 1.54) is 34.1 Å². The first kappa shape index (κ1) is 41.9. The highest BCUT2D eigenvalue weighted by molar-refractivity contribution is 5.96. The first-order chi connectivity index (χ1) is 25.9. The molecule has 3 aliphatic rings. The Hall–Kier alpha value is -4.82. The predicted octanol–water partition coefficient (Wildman–Crippen LogP) is 2.15. The zero-order valence-electron chi connectivity index (χ0n) is 31.7. The molecule has 54 heavy (non-hydrogen) atoms. The van der Waals surface area contributed by atoms with Crippen molar-refractivity contribution in [3.05, 3.63) is 47.8 Å². The van der Waals surface area contributed by atoms with Gasteiger partial charge < -0.3 is 35.4 Å². The average Bonchev–Trinajstić information content (AvgIpc) is 3.84. The van der Waals surface area contributed by atoms with Crippen LogP contribution in [-0.2, 0) is 44.7 Å². The lowest BCUT2D eigenvalue weighted by Crippen LogP contribution is -2.58. The summed E-state index contributed by atoms with van der Waals surface area (Å²) in [7, 11) is 1.65. The van der Waals surface area contributed by atoms with E-state index in [2.05, 4.69) is 16.0 Å². The Kier molecular flexibility index (Phi) is 16.0. The Morgan fingerprint density at radius 1 is 0.963 bits per heavy atom. The van der Waals surface area contributed by atoms with Crippen molar-refractivity contribution in [1.29, 1.82) is 0 Å². The third-order valence-corrected chi connectivity index (χ3v) is 10.1. The predicted molar refractivity (Wildman–Crippen MR) is 197 cm³/mol. The lowest BCUT2D eigenvalue weighted by molar-refractivity contribution is -0.157. The second kappa shape index (κ2) is 20.6. The molecule has 14 nitrogen and oxygen atoms in total. The lowest BCUT2D eigenvalue weighted by Gasteiger charge is -2.32. The highest BCUT2D eigenvalue weighted by Crippen LogP contribution is 2.23. The summed E-state index contributed by atoms with van der Waals surface area (Å²) in [6.45, 7) is 3.87. The zero-order valence-corrected chi connectivity index (χ0v) is 31.7. The van der Waals surface area contributed by atoms with Crippen molar-refractivity contribution in [2.45, 2.75) is 121 Å². The van der Waals surface area contributed by atoms with Crippen molar-refractivity contribution in [1.82, 2.24) is 30.7 Å². The van der Waals surface area contributed by atoms with Crippen LogP contribution in [0, 0.1) is 5.82 Å². The van der Waals surface area contributed by atoms with Crippen LogP contribution in [0.4, 0.5) is 4.39 Å². The fourth-order valence-electron chi connectivity index (χ4n) is 7.11. The monoisotopic (exact) mass is 754 g/mol. The summed E-state index contributed by atoms with van der Waals surface area (Å²) < 4.78 is 19.8. The first-order valence-corrected chi connectivity index (χ1v) is 19.2. The minimum atomic E-state index is -1.46. The van der Waals surface area contributed by atoms with Gasteiger partial charge in [-0.05, 0) is 75.6 Å². The van der Waals surface area contributed by atoms with Gasteiger partial charge in [0.25, 0.3) is 0 Å². The Labute approximate surface area is 316 Å². The molecule has 3 saturated heterocycles. The summed E-state index contributed by atoms with van der Waals surface area (Å²) in [4.78, 5) is 98.7. The molecule has 3 fully saturated rings. The minimum absolute atomic E-state index is 0.109. The zero-order chi connectivity index (χ0) is 39.2. The van der Waals surface area contributed by atoms with Gasteiger partial charge in [0.1, 0.15) is 42.6 Å². The number of allylic oxidation sites excluding steroid dienone is 1. The summed E-state index contributed by atoms with van der Waals surface area (Å²) in [5, 5.41) is 8.05. The van der Waals surface area contributed by atoms with Crippen LogP contribution in [0.5, 0.6) is 0 Å². The van der Waals surface area contributed by atoms with Gasteiger partial charge in [0.2, 0.25) is 35.4 Å². The third-order valence-electron chi connectivity index (χ3n) is 10.1. The number of carbonyl (C=O) groups excluding carboxylic acids is 7. The number of hydrogen-bond acceptors (Lipinski definition) is 8. The van der Waals surface area contributed by atoms with Crippen molar-refractivity contribution < 1.29 is 42.7 Å². The molecule has 4 rings (SSSR count). The SMILES string of the molecule is CCCCC=CC(=O)NC(Cc1cccc(F)c1)C(=O)NC1COC(=O)C2CCCN2C(=O)C(C)NC(=O)CCCCCN(C)C(=O)C2CCCN2C1=O. The highest BCUT2D eigenvalue weighted by Gasteiger charge is 2.42. The van der Waals surface area contributed by atoms with Gasteiger partial charge in [-0.15, -0.1) is 0 Å². The van der Waals surface area contributed by atoms with Gasteiger partial charge in [0.05, 0.1) is 0 Å². The number of esters is 1. The molecule has 15 heteroatoms. The van der Waals surface area contributed by atoms with Gasteiger partial charge >= 0.3 is 5.97 Å². The van der Waals surface area contributed by atoms with Gasteiger partial charge in [-0.25, -0.2) is 9.18 Å². The smallest absolute Gasteiger partial charge is 0.328 e. The molecule has 5 atom stereocenters. The molecule has 6 amide bonds. The van der Waals surface area contributed by atoms with Crippen molar-refractivity contribution >= 4 is 41.4 Å². The fourth-order valence-corrected chi connectivity index (χ4v) is 7.11. The van der Waals surface area contributed by atoms with E-state index in [-0.39, 0.29) is 37.7 Å². The molecule has 296 valence electrons. The van der Waals surface area contributed by atoms with Crippen LogP contribution in [0.3, 0.4) is 0 Å². The number of unbranched alkanes of at least 4 members (excludes halogenated alkanes) is 2. The number of likely N-dealkylation sites (N-methyl/N-ethyl adjacent to an activating group) is 1. The van der Waals surface area contributed by atoms with Crippen LogP contribution in [0.2, 0.25) is 0 Å².